The van der Waals surface area contributed by atoms with Crippen LogP contribution < -0.4 is 5.73 Å². The topological polar surface area (TPSA) is 69.2 Å². The van der Waals surface area contributed by atoms with E-state index in [4.69, 9.17) is 5.73 Å². The Kier molecular flexibility index (Phi) is 1.85. The maximum absolute atomic E-state index is 13.3. The zero-order chi connectivity index (χ0) is 10.3. The Hall–Kier alpha value is -1.69. The molecule has 0 fully saturated rings. The van der Waals surface area contributed by atoms with E-state index in [0.29, 0.717) is 0 Å². The maximum Gasteiger partial charge on any atom is 0.287 e. The summed E-state index contributed by atoms with van der Waals surface area (Å²) in [5, 5.41) is 10.8. The fourth-order valence-corrected chi connectivity index (χ4v) is 2.17. The number of nitrogens with two attached hydrogens (primary N) is 1. The van der Waals surface area contributed by atoms with Crippen molar-refractivity contribution in [2.24, 2.45) is 0 Å². The van der Waals surface area contributed by atoms with Crippen LogP contribution in [0.3, 0.4) is 0 Å². The number of nitrogen functional groups attached to an aromatic ring is 1. The fourth-order valence-electron chi connectivity index (χ4n) is 1.24. The van der Waals surface area contributed by atoms with Crippen molar-refractivity contribution in [3.8, 4) is 0 Å². The average molecular weight is 212 g/mol. The van der Waals surface area contributed by atoms with Gasteiger partial charge in [-0.15, -0.1) is 11.3 Å². The number of benzene rings is 1. The van der Waals surface area contributed by atoms with Gasteiger partial charge in [-0.3, -0.25) is 10.1 Å². The minimum atomic E-state index is -0.575. The minimum Gasteiger partial charge on any atom is -0.388 e. The van der Waals surface area contributed by atoms with Crippen molar-refractivity contribution in [2.45, 2.75) is 0 Å². The van der Waals surface area contributed by atoms with Crippen molar-refractivity contribution in [2.75, 3.05) is 5.73 Å². The highest BCUT2D eigenvalue weighted by atomic mass is 32.1. The molecule has 0 saturated carbocycles. The first-order valence-corrected chi connectivity index (χ1v) is 4.54. The highest BCUT2D eigenvalue weighted by Gasteiger charge is 2.18. The van der Waals surface area contributed by atoms with Crippen LogP contribution in [0.15, 0.2) is 18.2 Å². The van der Waals surface area contributed by atoms with Crippen molar-refractivity contribution in [3.05, 3.63) is 34.1 Å². The molecule has 0 aliphatic heterocycles. The maximum atomic E-state index is 13.3. The van der Waals surface area contributed by atoms with Gasteiger partial charge in [0.1, 0.15) is 9.70 Å². The van der Waals surface area contributed by atoms with E-state index in [1.54, 1.807) is 0 Å². The van der Waals surface area contributed by atoms with Crippen molar-refractivity contribution in [1.29, 1.82) is 0 Å². The Labute approximate surface area is 81.9 Å². The van der Waals surface area contributed by atoms with E-state index in [9.17, 15) is 14.5 Å². The monoisotopic (exact) mass is 212 g/mol. The molecule has 4 nitrogen and oxygen atoms in total. The highest BCUT2D eigenvalue weighted by Crippen LogP contribution is 2.37. The van der Waals surface area contributed by atoms with Crippen molar-refractivity contribution >= 4 is 32.1 Å². The number of nitro groups is 1. The number of rotatable bonds is 1. The van der Waals surface area contributed by atoms with Gasteiger partial charge >= 0.3 is 0 Å². The van der Waals surface area contributed by atoms with Gasteiger partial charge in [0.05, 0.1) is 4.92 Å². The van der Waals surface area contributed by atoms with Crippen LogP contribution in [0.5, 0.6) is 0 Å². The normalized spacial score (nSPS) is 10.6. The summed E-state index contributed by atoms with van der Waals surface area (Å²) in [5.74, 6) is -0.575. The van der Waals surface area contributed by atoms with Crippen LogP contribution in [-0.2, 0) is 0 Å². The zero-order valence-corrected chi connectivity index (χ0v) is 7.68. The molecule has 1 heterocycles. The van der Waals surface area contributed by atoms with Gasteiger partial charge in [0, 0.05) is 11.5 Å². The lowest BCUT2D eigenvalue weighted by Gasteiger charge is -1.91. The lowest BCUT2D eigenvalue weighted by Crippen LogP contribution is -1.86. The Morgan fingerprint density at radius 2 is 2.21 bits per heavy atom. The number of halogens is 1. The summed E-state index contributed by atoms with van der Waals surface area (Å²) in [7, 11) is 0. The van der Waals surface area contributed by atoms with Gasteiger partial charge < -0.3 is 5.73 Å². The first-order chi connectivity index (χ1) is 6.61. The molecule has 0 unspecified atom stereocenters. The van der Waals surface area contributed by atoms with Crippen LogP contribution in [0, 0.1) is 15.9 Å². The van der Waals surface area contributed by atoms with E-state index in [2.05, 4.69) is 0 Å². The molecule has 0 bridgehead atoms. The van der Waals surface area contributed by atoms with Crippen LogP contribution in [0.1, 0.15) is 0 Å². The summed E-state index contributed by atoms with van der Waals surface area (Å²) in [6.07, 6.45) is 0. The van der Waals surface area contributed by atoms with Crippen LogP contribution in [-0.4, -0.2) is 4.92 Å². The molecular weight excluding hydrogens is 207 g/mol. The van der Waals surface area contributed by atoms with Gasteiger partial charge in [0.25, 0.3) is 5.69 Å². The summed E-state index contributed by atoms with van der Waals surface area (Å²) >= 11 is 0.895. The van der Waals surface area contributed by atoms with Crippen LogP contribution in [0.4, 0.5) is 15.1 Å². The van der Waals surface area contributed by atoms with Gasteiger partial charge in [-0.05, 0) is 6.07 Å². The molecule has 2 N–H and O–H groups in total. The van der Waals surface area contributed by atoms with E-state index in [0.717, 1.165) is 11.3 Å². The Bertz CT molecular complexity index is 523. The molecular formula is C8H5FN2O2S. The quantitative estimate of drug-likeness (QED) is 0.583. The predicted molar refractivity (Wildman–Crippen MR) is 52.8 cm³/mol. The second-order valence-corrected chi connectivity index (χ2v) is 3.74. The first kappa shape index (κ1) is 8.89. The highest BCUT2D eigenvalue weighted by molar-refractivity contribution is 7.23. The molecule has 1 aromatic carbocycles. The smallest absolute Gasteiger partial charge is 0.287 e. The molecule has 2 rings (SSSR count). The summed E-state index contributed by atoms with van der Waals surface area (Å²) in [4.78, 5) is 10.0. The molecule has 0 aliphatic carbocycles. The number of hydrogen-bond acceptors (Lipinski definition) is 4. The molecule has 72 valence electrons. The average Bonchev–Trinajstić information content (AvgIpc) is 2.43. The second-order valence-electron chi connectivity index (χ2n) is 2.69. The number of nitro benzene ring substituents is 1. The van der Waals surface area contributed by atoms with Crippen molar-refractivity contribution < 1.29 is 9.31 Å². The number of non-ortho nitro benzene ring substituents is 1. The lowest BCUT2D eigenvalue weighted by atomic mass is 10.2. The third-order valence-electron chi connectivity index (χ3n) is 1.86. The predicted octanol–water partition coefficient (Wildman–Crippen LogP) is 2.53. The standard InChI is InChI=1S/C8H5FN2O2S/c9-6-4-2-1-3-5(11(12)13)7(4)14-8(6)10/h1-3H,10H2. The SMILES string of the molecule is Nc1sc2c([N+](=O)[O-])cccc2c1F. The molecule has 14 heavy (non-hydrogen) atoms. The third kappa shape index (κ3) is 1.12. The third-order valence-corrected chi connectivity index (χ3v) is 2.89. The van der Waals surface area contributed by atoms with Crippen LogP contribution in [0.25, 0.3) is 10.1 Å². The molecule has 2 aromatic rings. The van der Waals surface area contributed by atoms with Gasteiger partial charge in [-0.2, -0.15) is 0 Å². The Morgan fingerprint density at radius 3 is 2.86 bits per heavy atom. The number of thiophene rings is 1. The molecule has 0 atom stereocenters. The van der Waals surface area contributed by atoms with Crippen molar-refractivity contribution in [3.63, 3.8) is 0 Å². The van der Waals surface area contributed by atoms with Crippen LogP contribution >= 0.6 is 11.3 Å². The van der Waals surface area contributed by atoms with E-state index in [1.165, 1.54) is 18.2 Å². The van der Waals surface area contributed by atoms with Gasteiger partial charge in [-0.1, -0.05) is 6.07 Å². The number of anilines is 1. The zero-order valence-electron chi connectivity index (χ0n) is 6.86. The van der Waals surface area contributed by atoms with Crippen molar-refractivity contribution in [1.82, 2.24) is 0 Å². The van der Waals surface area contributed by atoms with E-state index < -0.39 is 10.7 Å². The molecule has 0 spiro atoms. The largest absolute Gasteiger partial charge is 0.388 e. The van der Waals surface area contributed by atoms with E-state index in [-0.39, 0.29) is 20.8 Å². The molecule has 6 heteroatoms. The first-order valence-electron chi connectivity index (χ1n) is 3.72. The van der Waals surface area contributed by atoms with E-state index >= 15 is 0 Å². The Balaban J connectivity index is 2.88. The number of fused-ring (bicyclic) bond motifs is 1. The van der Waals surface area contributed by atoms with E-state index in [1.807, 2.05) is 0 Å². The molecule has 0 radical (unpaired) electrons. The summed E-state index contributed by atoms with van der Waals surface area (Å²) in [6.45, 7) is 0. The van der Waals surface area contributed by atoms with Gasteiger partial charge in [0.15, 0.2) is 5.82 Å². The molecule has 0 aliphatic rings. The summed E-state index contributed by atoms with van der Waals surface area (Å²) in [5.41, 5.74) is 5.23. The lowest BCUT2D eigenvalue weighted by molar-refractivity contribution is -0.382. The second kappa shape index (κ2) is 2.91. The number of nitrogens with zero attached hydrogens (tertiary/aromatic N) is 1. The molecule has 0 amide bonds. The summed E-state index contributed by atoms with van der Waals surface area (Å²) in [6, 6.07) is 4.25. The molecule has 0 saturated heterocycles. The fraction of sp³-hybridized carbons (Fsp3) is 0. The Morgan fingerprint density at radius 1 is 1.50 bits per heavy atom. The minimum absolute atomic E-state index is 0.0192. The summed E-state index contributed by atoms with van der Waals surface area (Å²) < 4.78 is 13.5. The molecule has 1 aromatic heterocycles. The van der Waals surface area contributed by atoms with Gasteiger partial charge in [0.2, 0.25) is 0 Å². The van der Waals surface area contributed by atoms with Crippen LogP contribution in [0.2, 0.25) is 0 Å². The van der Waals surface area contributed by atoms with Gasteiger partial charge in [-0.25, -0.2) is 4.39 Å². The number of hydrogen-bond donors (Lipinski definition) is 1.